The van der Waals surface area contributed by atoms with Crippen molar-refractivity contribution in [2.45, 2.75) is 264 Å². The van der Waals surface area contributed by atoms with Crippen LogP contribution in [0.3, 0.4) is 0 Å². The fourth-order valence-electron chi connectivity index (χ4n) is 7.90. The van der Waals surface area contributed by atoms with Gasteiger partial charge in [0.2, 0.25) is 0 Å². The molecule has 0 saturated carbocycles. The zero-order valence-electron chi connectivity index (χ0n) is 47.8. The summed E-state index contributed by atoms with van der Waals surface area (Å²) < 4.78 is 16.8. The average Bonchev–Trinajstić information content (AvgIpc) is 3.40. The minimum Gasteiger partial charge on any atom is -0.462 e. The molecule has 0 amide bonds. The summed E-state index contributed by atoms with van der Waals surface area (Å²) in [4.78, 5) is 38.3. The van der Waals surface area contributed by atoms with Crippen LogP contribution >= 0.6 is 0 Å². The van der Waals surface area contributed by atoms with E-state index in [2.05, 4.69) is 154 Å². The van der Waals surface area contributed by atoms with E-state index >= 15 is 0 Å². The highest BCUT2D eigenvalue weighted by atomic mass is 16.6. The minimum absolute atomic E-state index is 0.110. The molecule has 0 aliphatic rings. The van der Waals surface area contributed by atoms with Crippen molar-refractivity contribution in [3.8, 4) is 0 Å². The van der Waals surface area contributed by atoms with Gasteiger partial charge in [-0.05, 0) is 135 Å². The van der Waals surface area contributed by atoms with Crippen LogP contribution in [0.25, 0.3) is 0 Å². The smallest absolute Gasteiger partial charge is 0.306 e. The molecule has 0 rings (SSSR count). The third kappa shape index (κ3) is 58.4. The summed E-state index contributed by atoms with van der Waals surface area (Å²) in [7, 11) is 0. The van der Waals surface area contributed by atoms with Gasteiger partial charge >= 0.3 is 17.9 Å². The Labute approximate surface area is 455 Å². The second-order valence-corrected chi connectivity index (χ2v) is 19.5. The van der Waals surface area contributed by atoms with Crippen molar-refractivity contribution in [1.82, 2.24) is 0 Å². The Balaban J connectivity index is 4.53. The number of allylic oxidation sites excluding steroid dienone is 22. The van der Waals surface area contributed by atoms with Gasteiger partial charge in [-0.1, -0.05) is 238 Å². The van der Waals surface area contributed by atoms with Gasteiger partial charge in [-0.25, -0.2) is 0 Å². The Hall–Kier alpha value is -4.45. The lowest BCUT2D eigenvalue weighted by molar-refractivity contribution is -0.167. The van der Waals surface area contributed by atoms with Gasteiger partial charge in [0.15, 0.2) is 6.10 Å². The average molecular weight is 1020 g/mol. The number of hydrogen-bond acceptors (Lipinski definition) is 6. The zero-order chi connectivity index (χ0) is 53.6. The van der Waals surface area contributed by atoms with E-state index in [0.29, 0.717) is 25.7 Å². The second-order valence-electron chi connectivity index (χ2n) is 19.5. The summed E-state index contributed by atoms with van der Waals surface area (Å²) in [5.41, 5.74) is 0. The summed E-state index contributed by atoms with van der Waals surface area (Å²) in [6.45, 7) is 6.35. The van der Waals surface area contributed by atoms with Gasteiger partial charge in [-0.3, -0.25) is 14.4 Å². The Morgan fingerprint density at radius 1 is 0.284 bits per heavy atom. The first-order valence-electron chi connectivity index (χ1n) is 30.2. The number of esters is 3. The Morgan fingerprint density at radius 2 is 0.527 bits per heavy atom. The summed E-state index contributed by atoms with van der Waals surface area (Å²) in [6, 6.07) is 0. The molecule has 0 N–H and O–H groups in total. The highest BCUT2D eigenvalue weighted by molar-refractivity contribution is 5.71. The first-order chi connectivity index (χ1) is 36.5. The lowest BCUT2D eigenvalue weighted by Crippen LogP contribution is -2.30. The molecule has 74 heavy (non-hydrogen) atoms. The minimum atomic E-state index is -0.815. The van der Waals surface area contributed by atoms with E-state index in [-0.39, 0.29) is 31.1 Å². The van der Waals surface area contributed by atoms with Gasteiger partial charge < -0.3 is 14.2 Å². The molecule has 0 heterocycles. The van der Waals surface area contributed by atoms with Gasteiger partial charge in [0.25, 0.3) is 0 Å². The van der Waals surface area contributed by atoms with E-state index in [1.54, 1.807) is 0 Å². The summed E-state index contributed by atoms with van der Waals surface area (Å²) in [6.07, 6.45) is 85.9. The fraction of sp³-hybridized carbons (Fsp3) is 0.632. The number of rotatable bonds is 53. The largest absolute Gasteiger partial charge is 0.462 e. The number of unbranched alkanes of at least 4 members (excludes halogenated alkanes) is 20. The molecule has 0 fully saturated rings. The van der Waals surface area contributed by atoms with Crippen molar-refractivity contribution < 1.29 is 28.6 Å². The molecule has 0 bridgehead atoms. The van der Waals surface area contributed by atoms with E-state index in [0.717, 1.165) is 128 Å². The van der Waals surface area contributed by atoms with Crippen LogP contribution in [0, 0.1) is 0 Å². The summed E-state index contributed by atoms with van der Waals surface area (Å²) >= 11 is 0. The highest BCUT2D eigenvalue weighted by Gasteiger charge is 2.19. The maximum atomic E-state index is 12.9. The molecule has 0 saturated heterocycles. The maximum absolute atomic E-state index is 12.9. The van der Waals surface area contributed by atoms with E-state index in [1.165, 1.54) is 83.5 Å². The van der Waals surface area contributed by atoms with Crippen molar-refractivity contribution in [2.75, 3.05) is 13.2 Å². The molecule has 418 valence electrons. The molecular weight excluding hydrogens is 913 g/mol. The SMILES string of the molecule is CC/C=C\C/C=C\C/C=C\C/C=C\C/C=C\C/C=C\CCCCC(=O)OCC(COC(=O)CCCCCC/C=C\C/C=C\C/C=C\C/C=C\CC)OC(=O)CCCCCCCCC/C=C\CCCCCCCCC. The monoisotopic (exact) mass is 1020 g/mol. The molecular formula is C68H110O6. The Bertz CT molecular complexity index is 1600. The van der Waals surface area contributed by atoms with Gasteiger partial charge in [0, 0.05) is 19.3 Å². The molecule has 0 aliphatic heterocycles. The number of carbonyl (C=O) groups is 3. The predicted octanol–water partition coefficient (Wildman–Crippen LogP) is 20.6. The standard InChI is InChI=1S/C68H110O6/c1-4-7-10-13-16-19-22-25-28-31-33-34-35-38-40-43-46-49-52-55-58-61-67(70)73-64-65(63-72-66(69)60-57-54-51-48-45-42-39-36-30-27-24-21-18-15-12-9-6-3)74-68(71)62-59-56-53-50-47-44-41-37-32-29-26-23-20-17-14-11-8-5-2/h7,9-10,12,16,18-19,21,25,27-30,32-34,38-40,42,46,49,65H,4-6,8,11,13-15,17,20,22-24,26,31,35-37,41,43-45,47-48,50-64H2,1-3H3/b10-7-,12-9-,19-16-,21-18-,28-25-,30-27-,32-29-,34-33-,40-38-,42-39-,49-46-. The van der Waals surface area contributed by atoms with Crippen molar-refractivity contribution in [3.05, 3.63) is 134 Å². The number of carbonyl (C=O) groups excluding carboxylic acids is 3. The van der Waals surface area contributed by atoms with E-state index in [1.807, 2.05) is 0 Å². The van der Waals surface area contributed by atoms with Crippen LogP contribution < -0.4 is 0 Å². The summed E-state index contributed by atoms with van der Waals surface area (Å²) in [5, 5.41) is 0. The molecule has 0 aliphatic carbocycles. The van der Waals surface area contributed by atoms with Crippen LogP contribution in [0.1, 0.15) is 258 Å². The molecule has 0 aromatic carbocycles. The Kier molecular flexibility index (Phi) is 57.4. The lowest BCUT2D eigenvalue weighted by Gasteiger charge is -2.18. The zero-order valence-corrected chi connectivity index (χ0v) is 47.8. The molecule has 0 radical (unpaired) electrons. The third-order valence-electron chi connectivity index (χ3n) is 12.4. The number of hydrogen-bond donors (Lipinski definition) is 0. The first kappa shape index (κ1) is 69.5. The molecule has 6 heteroatoms. The van der Waals surface area contributed by atoms with Crippen molar-refractivity contribution in [3.63, 3.8) is 0 Å². The highest BCUT2D eigenvalue weighted by Crippen LogP contribution is 2.14. The first-order valence-corrected chi connectivity index (χ1v) is 30.2. The van der Waals surface area contributed by atoms with Gasteiger partial charge in [-0.15, -0.1) is 0 Å². The molecule has 0 aromatic rings. The van der Waals surface area contributed by atoms with Gasteiger partial charge in [-0.2, -0.15) is 0 Å². The van der Waals surface area contributed by atoms with Crippen LogP contribution in [0.15, 0.2) is 134 Å². The Morgan fingerprint density at radius 3 is 0.865 bits per heavy atom. The van der Waals surface area contributed by atoms with E-state index < -0.39 is 6.10 Å². The fourth-order valence-corrected chi connectivity index (χ4v) is 7.90. The van der Waals surface area contributed by atoms with Crippen molar-refractivity contribution in [2.24, 2.45) is 0 Å². The second kappa shape index (κ2) is 61.1. The maximum Gasteiger partial charge on any atom is 0.306 e. The van der Waals surface area contributed by atoms with E-state index in [9.17, 15) is 14.4 Å². The van der Waals surface area contributed by atoms with Crippen LogP contribution in [-0.2, 0) is 28.6 Å². The molecule has 1 unspecified atom stereocenters. The van der Waals surface area contributed by atoms with E-state index in [4.69, 9.17) is 14.2 Å². The van der Waals surface area contributed by atoms with Crippen LogP contribution in [-0.4, -0.2) is 37.2 Å². The van der Waals surface area contributed by atoms with Crippen molar-refractivity contribution >= 4 is 17.9 Å². The van der Waals surface area contributed by atoms with Crippen LogP contribution in [0.4, 0.5) is 0 Å². The quantitative estimate of drug-likeness (QED) is 0.0261. The van der Waals surface area contributed by atoms with Gasteiger partial charge in [0.05, 0.1) is 0 Å². The molecule has 6 nitrogen and oxygen atoms in total. The van der Waals surface area contributed by atoms with Crippen LogP contribution in [0.5, 0.6) is 0 Å². The van der Waals surface area contributed by atoms with Crippen LogP contribution in [0.2, 0.25) is 0 Å². The molecule has 0 spiro atoms. The predicted molar refractivity (Wildman–Crippen MR) is 320 cm³/mol. The number of ether oxygens (including phenoxy) is 3. The normalized spacial score (nSPS) is 13.1. The molecule has 1 atom stereocenters. The lowest BCUT2D eigenvalue weighted by atomic mass is 10.1. The van der Waals surface area contributed by atoms with Gasteiger partial charge in [0.1, 0.15) is 13.2 Å². The molecule has 0 aromatic heterocycles. The topological polar surface area (TPSA) is 78.9 Å². The third-order valence-corrected chi connectivity index (χ3v) is 12.4. The van der Waals surface area contributed by atoms with Crippen molar-refractivity contribution in [1.29, 1.82) is 0 Å². The summed E-state index contributed by atoms with van der Waals surface area (Å²) in [5.74, 6) is -0.981.